The molecule has 1 atom stereocenters. The van der Waals surface area contributed by atoms with Crippen LogP contribution in [0.5, 0.6) is 17.2 Å². The maximum absolute atomic E-state index is 14.2. The number of aromatic nitrogens is 1. The van der Waals surface area contributed by atoms with E-state index in [0.29, 0.717) is 44.4 Å². The van der Waals surface area contributed by atoms with Crippen molar-refractivity contribution in [3.63, 3.8) is 0 Å². The van der Waals surface area contributed by atoms with Crippen LogP contribution in [0.15, 0.2) is 106 Å². The highest BCUT2D eigenvalue weighted by molar-refractivity contribution is 7.07. The van der Waals surface area contributed by atoms with Crippen LogP contribution in [0.4, 0.5) is 0 Å². The summed E-state index contributed by atoms with van der Waals surface area (Å²) in [7, 11) is 3.10. The number of para-hydroxylation sites is 1. The molecule has 0 amide bonds. The van der Waals surface area contributed by atoms with Crippen LogP contribution in [0.3, 0.4) is 0 Å². The average Bonchev–Trinajstić information content (AvgIpc) is 3.37. The summed E-state index contributed by atoms with van der Waals surface area (Å²) in [6.45, 7) is 4.05. The minimum Gasteiger partial charge on any atom is -0.497 e. The van der Waals surface area contributed by atoms with Crippen molar-refractivity contribution in [1.29, 1.82) is 0 Å². The molecule has 45 heavy (non-hydrogen) atoms. The molecule has 1 unspecified atom stereocenters. The Balaban J connectivity index is 1.45. The summed E-state index contributed by atoms with van der Waals surface area (Å²) in [6, 6.07) is 26.5. The van der Waals surface area contributed by atoms with Crippen molar-refractivity contribution in [2.45, 2.75) is 26.5 Å². The number of allylic oxidation sites excluding steroid dienone is 1. The van der Waals surface area contributed by atoms with Crippen LogP contribution in [-0.2, 0) is 16.1 Å². The maximum atomic E-state index is 14.2. The minimum absolute atomic E-state index is 0.183. The van der Waals surface area contributed by atoms with Gasteiger partial charge in [0.1, 0.15) is 29.9 Å². The molecule has 1 aromatic heterocycles. The van der Waals surface area contributed by atoms with E-state index >= 15 is 0 Å². The second-order valence-corrected chi connectivity index (χ2v) is 11.4. The van der Waals surface area contributed by atoms with E-state index in [1.807, 2.05) is 48.5 Å². The highest BCUT2D eigenvalue weighted by Gasteiger charge is 2.35. The number of ether oxygens (including phenoxy) is 4. The van der Waals surface area contributed by atoms with Gasteiger partial charge < -0.3 is 18.9 Å². The average molecular weight is 621 g/mol. The van der Waals surface area contributed by atoms with Gasteiger partial charge >= 0.3 is 5.97 Å². The first-order valence-corrected chi connectivity index (χ1v) is 15.3. The Morgan fingerprint density at radius 1 is 0.956 bits per heavy atom. The third kappa shape index (κ3) is 5.74. The van der Waals surface area contributed by atoms with E-state index in [9.17, 15) is 9.59 Å². The Kier molecular flexibility index (Phi) is 8.53. The number of rotatable bonds is 9. The number of thiazole rings is 1. The lowest BCUT2D eigenvalue weighted by Crippen LogP contribution is -2.40. The summed E-state index contributed by atoms with van der Waals surface area (Å²) in [5.74, 6) is 1.16. The lowest BCUT2D eigenvalue weighted by Gasteiger charge is -2.26. The van der Waals surface area contributed by atoms with Gasteiger partial charge in [0.2, 0.25) is 0 Å². The number of esters is 1. The van der Waals surface area contributed by atoms with Crippen LogP contribution in [0.1, 0.15) is 36.6 Å². The molecule has 8 nitrogen and oxygen atoms in total. The van der Waals surface area contributed by atoms with Gasteiger partial charge in [-0.25, -0.2) is 9.79 Å². The Hall–Kier alpha value is -5.15. The Morgan fingerprint density at radius 3 is 2.53 bits per heavy atom. The van der Waals surface area contributed by atoms with Crippen molar-refractivity contribution >= 4 is 34.2 Å². The molecule has 228 valence electrons. The number of hydrogen-bond acceptors (Lipinski definition) is 8. The second-order valence-electron chi connectivity index (χ2n) is 10.4. The summed E-state index contributed by atoms with van der Waals surface area (Å²) in [5, 5.41) is 2.28. The standard InChI is InChI=1S/C36H32N2O6S/c1-5-43-35(40)32-22(2)37-36-38(33(32)28-18-17-26(41-3)20-30(28)42-4)34(39)31(45-36)19-24-12-7-9-16-29(24)44-21-25-14-10-13-23-11-6-8-15-27(23)25/h6-20,33H,5,21H2,1-4H3/b31-19-. The fourth-order valence-electron chi connectivity index (χ4n) is 5.58. The smallest absolute Gasteiger partial charge is 0.338 e. The molecule has 5 aromatic rings. The molecule has 6 rings (SSSR count). The number of benzene rings is 4. The molecule has 4 aromatic carbocycles. The van der Waals surface area contributed by atoms with Gasteiger partial charge in [-0.3, -0.25) is 9.36 Å². The van der Waals surface area contributed by atoms with Gasteiger partial charge in [0.05, 0.1) is 36.6 Å². The number of hydrogen-bond donors (Lipinski definition) is 0. The monoisotopic (exact) mass is 620 g/mol. The largest absolute Gasteiger partial charge is 0.497 e. The lowest BCUT2D eigenvalue weighted by molar-refractivity contribution is -0.139. The lowest BCUT2D eigenvalue weighted by atomic mass is 9.95. The summed E-state index contributed by atoms with van der Waals surface area (Å²) in [5.41, 5.74) is 2.89. The topological polar surface area (TPSA) is 88.4 Å². The molecule has 0 saturated heterocycles. The van der Waals surface area contributed by atoms with Crippen molar-refractivity contribution in [2.24, 2.45) is 4.99 Å². The molecule has 2 heterocycles. The molecule has 0 N–H and O–H groups in total. The summed E-state index contributed by atoms with van der Waals surface area (Å²) in [4.78, 5) is 32.7. The molecule has 1 aliphatic rings. The van der Waals surface area contributed by atoms with Crippen LogP contribution in [0.25, 0.3) is 16.8 Å². The SMILES string of the molecule is CCOC(=O)C1=C(C)N=c2s/c(=C\c3ccccc3OCc3cccc4ccccc34)c(=O)n2C1c1ccc(OC)cc1OC. The van der Waals surface area contributed by atoms with Gasteiger partial charge in [-0.2, -0.15) is 0 Å². The highest BCUT2D eigenvalue weighted by Crippen LogP contribution is 2.37. The van der Waals surface area contributed by atoms with Crippen molar-refractivity contribution < 1.29 is 23.7 Å². The van der Waals surface area contributed by atoms with E-state index in [4.69, 9.17) is 18.9 Å². The zero-order valence-electron chi connectivity index (χ0n) is 25.4. The minimum atomic E-state index is -0.818. The van der Waals surface area contributed by atoms with Crippen molar-refractivity contribution in [2.75, 3.05) is 20.8 Å². The normalized spacial score (nSPS) is 14.6. The van der Waals surface area contributed by atoms with Gasteiger partial charge in [-0.15, -0.1) is 0 Å². The Morgan fingerprint density at radius 2 is 1.73 bits per heavy atom. The van der Waals surface area contributed by atoms with Gasteiger partial charge in [0, 0.05) is 17.2 Å². The van der Waals surface area contributed by atoms with Crippen LogP contribution in [0, 0.1) is 0 Å². The van der Waals surface area contributed by atoms with Crippen molar-refractivity contribution in [3.8, 4) is 17.2 Å². The first-order valence-electron chi connectivity index (χ1n) is 14.5. The summed E-state index contributed by atoms with van der Waals surface area (Å²) >= 11 is 1.25. The third-order valence-electron chi connectivity index (χ3n) is 7.72. The van der Waals surface area contributed by atoms with Gasteiger partial charge in [-0.05, 0) is 54.5 Å². The van der Waals surface area contributed by atoms with Crippen LogP contribution < -0.4 is 29.1 Å². The number of methoxy groups -OCH3 is 2. The molecule has 0 aliphatic carbocycles. The van der Waals surface area contributed by atoms with Gasteiger partial charge in [0.25, 0.3) is 5.56 Å². The molecular weight excluding hydrogens is 588 g/mol. The molecule has 0 fully saturated rings. The van der Waals surface area contributed by atoms with Crippen LogP contribution in [0.2, 0.25) is 0 Å². The predicted octanol–water partition coefficient (Wildman–Crippen LogP) is 5.55. The van der Waals surface area contributed by atoms with Gasteiger partial charge in [-0.1, -0.05) is 72.0 Å². The van der Waals surface area contributed by atoms with Crippen LogP contribution in [-0.4, -0.2) is 31.4 Å². The molecule has 1 aliphatic heterocycles. The first-order chi connectivity index (χ1) is 21.9. The number of fused-ring (bicyclic) bond motifs is 2. The van der Waals surface area contributed by atoms with E-state index in [0.717, 1.165) is 21.9 Å². The zero-order chi connectivity index (χ0) is 31.5. The van der Waals surface area contributed by atoms with Crippen molar-refractivity contribution in [1.82, 2.24) is 4.57 Å². The highest BCUT2D eigenvalue weighted by atomic mass is 32.1. The Bertz CT molecular complexity index is 2120. The van der Waals surface area contributed by atoms with Crippen LogP contribution >= 0.6 is 11.3 Å². The van der Waals surface area contributed by atoms with E-state index < -0.39 is 12.0 Å². The predicted molar refractivity (Wildman–Crippen MR) is 175 cm³/mol. The number of nitrogens with zero attached hydrogens (tertiary/aromatic N) is 2. The molecular formula is C36H32N2O6S. The number of carbonyl (C=O) groups is 1. The molecule has 9 heteroatoms. The molecule has 0 spiro atoms. The van der Waals surface area contributed by atoms with E-state index in [1.54, 1.807) is 43.7 Å². The van der Waals surface area contributed by atoms with Crippen molar-refractivity contribution in [3.05, 3.63) is 133 Å². The summed E-state index contributed by atoms with van der Waals surface area (Å²) < 4.78 is 24.8. The fraction of sp³-hybridized carbons (Fsp3) is 0.194. The van der Waals surface area contributed by atoms with E-state index in [-0.39, 0.29) is 17.7 Å². The van der Waals surface area contributed by atoms with E-state index in [2.05, 4.69) is 29.3 Å². The maximum Gasteiger partial charge on any atom is 0.338 e. The molecule has 0 bridgehead atoms. The molecule has 0 saturated carbocycles. The second kappa shape index (κ2) is 12.8. The third-order valence-corrected chi connectivity index (χ3v) is 8.70. The quantitative estimate of drug-likeness (QED) is 0.201. The molecule has 0 radical (unpaired) electrons. The first kappa shape index (κ1) is 29.9. The summed E-state index contributed by atoms with van der Waals surface area (Å²) in [6.07, 6.45) is 1.81. The zero-order valence-corrected chi connectivity index (χ0v) is 26.2. The number of carbonyl (C=O) groups excluding carboxylic acids is 1. The van der Waals surface area contributed by atoms with Gasteiger partial charge in [0.15, 0.2) is 4.80 Å². The fourth-order valence-corrected chi connectivity index (χ4v) is 6.61. The Labute approximate surface area is 264 Å². The van der Waals surface area contributed by atoms with E-state index in [1.165, 1.54) is 18.4 Å².